The minimum Gasteiger partial charge on any atom is -0.493 e. The molecule has 0 unspecified atom stereocenters. The maximum atomic E-state index is 12.1. The van der Waals surface area contributed by atoms with Crippen LogP contribution >= 0.6 is 0 Å². The van der Waals surface area contributed by atoms with Crippen LogP contribution in [-0.2, 0) is 11.3 Å². The number of nitrogens with one attached hydrogen (secondary N) is 1. The molecule has 6 nitrogen and oxygen atoms in total. The van der Waals surface area contributed by atoms with Crippen molar-refractivity contribution >= 4 is 5.91 Å². The Kier molecular flexibility index (Phi) is 6.72. The summed E-state index contributed by atoms with van der Waals surface area (Å²) >= 11 is 0. The van der Waals surface area contributed by atoms with Crippen LogP contribution in [0.4, 0.5) is 0 Å². The van der Waals surface area contributed by atoms with Gasteiger partial charge in [-0.3, -0.25) is 4.79 Å². The maximum absolute atomic E-state index is 12.1. The molecule has 2 aromatic rings. The fourth-order valence-electron chi connectivity index (χ4n) is 2.50. The van der Waals surface area contributed by atoms with Gasteiger partial charge in [0.05, 0.1) is 21.3 Å². The molecule has 0 fully saturated rings. The molecule has 140 valence electrons. The maximum Gasteiger partial charge on any atom is 0.258 e. The Morgan fingerprint density at radius 2 is 1.65 bits per heavy atom. The lowest BCUT2D eigenvalue weighted by molar-refractivity contribution is -0.123. The van der Waals surface area contributed by atoms with E-state index in [4.69, 9.17) is 18.9 Å². The number of amides is 1. The molecule has 0 spiro atoms. The van der Waals surface area contributed by atoms with Gasteiger partial charge in [-0.2, -0.15) is 0 Å². The number of benzene rings is 2. The van der Waals surface area contributed by atoms with Crippen molar-refractivity contribution in [1.29, 1.82) is 0 Å². The molecule has 0 aliphatic heterocycles. The zero-order chi connectivity index (χ0) is 19.1. The molecule has 0 aliphatic carbocycles. The highest BCUT2D eigenvalue weighted by Crippen LogP contribution is 2.39. The topological polar surface area (TPSA) is 66.0 Å². The number of hydrogen-bond donors (Lipinski definition) is 1. The number of carbonyl (C=O) groups is 1. The number of carbonyl (C=O) groups excluding carboxylic acids is 1. The van der Waals surface area contributed by atoms with E-state index in [-0.39, 0.29) is 12.5 Å². The number of ether oxygens (including phenoxy) is 4. The Labute approximate surface area is 154 Å². The van der Waals surface area contributed by atoms with Gasteiger partial charge < -0.3 is 24.3 Å². The Hall–Kier alpha value is -2.89. The van der Waals surface area contributed by atoms with Crippen molar-refractivity contribution in [3.63, 3.8) is 0 Å². The zero-order valence-electron chi connectivity index (χ0n) is 15.8. The van der Waals surface area contributed by atoms with Gasteiger partial charge in [0.25, 0.3) is 5.91 Å². The minimum absolute atomic E-state index is 0.0574. The first-order valence-corrected chi connectivity index (χ1v) is 8.24. The third kappa shape index (κ3) is 4.59. The summed E-state index contributed by atoms with van der Waals surface area (Å²) in [5, 5.41) is 2.82. The fraction of sp³-hybridized carbons (Fsp3) is 0.350. The van der Waals surface area contributed by atoms with Crippen molar-refractivity contribution < 1.29 is 23.7 Å². The molecule has 0 saturated heterocycles. The molecule has 2 rings (SSSR count). The van der Waals surface area contributed by atoms with E-state index in [2.05, 4.69) is 5.32 Å². The van der Waals surface area contributed by atoms with Gasteiger partial charge >= 0.3 is 0 Å². The van der Waals surface area contributed by atoms with Gasteiger partial charge in [0.15, 0.2) is 18.1 Å². The Bertz CT molecular complexity index is 773. The lowest BCUT2D eigenvalue weighted by atomic mass is 10.1. The van der Waals surface area contributed by atoms with Crippen molar-refractivity contribution in [2.75, 3.05) is 27.9 Å². The molecule has 6 heteroatoms. The van der Waals surface area contributed by atoms with Crippen LogP contribution in [0.3, 0.4) is 0 Å². The van der Waals surface area contributed by atoms with Gasteiger partial charge in [-0.05, 0) is 49.2 Å². The average Bonchev–Trinajstić information content (AvgIpc) is 2.66. The van der Waals surface area contributed by atoms with Gasteiger partial charge in [0.1, 0.15) is 5.75 Å². The van der Waals surface area contributed by atoms with Crippen molar-refractivity contribution in [3.05, 3.63) is 47.0 Å². The minimum atomic E-state index is -0.222. The van der Waals surface area contributed by atoms with Crippen LogP contribution in [0.15, 0.2) is 30.3 Å². The van der Waals surface area contributed by atoms with Crippen molar-refractivity contribution in [2.45, 2.75) is 20.4 Å². The molecule has 0 radical (unpaired) electrons. The fourth-order valence-corrected chi connectivity index (χ4v) is 2.50. The van der Waals surface area contributed by atoms with E-state index >= 15 is 0 Å². The van der Waals surface area contributed by atoms with Crippen LogP contribution in [0.1, 0.15) is 16.7 Å². The average molecular weight is 359 g/mol. The molecular formula is C20H25NO5. The summed E-state index contributed by atoms with van der Waals surface area (Å²) in [5.41, 5.74) is 3.09. The van der Waals surface area contributed by atoms with Crippen molar-refractivity contribution in [2.24, 2.45) is 0 Å². The number of aryl methyl sites for hydroxylation is 2. The summed E-state index contributed by atoms with van der Waals surface area (Å²) in [6, 6.07) is 9.34. The summed E-state index contributed by atoms with van der Waals surface area (Å²) in [6.07, 6.45) is 0. The Morgan fingerprint density at radius 1 is 0.923 bits per heavy atom. The van der Waals surface area contributed by atoms with E-state index < -0.39 is 0 Å². The number of rotatable bonds is 8. The largest absolute Gasteiger partial charge is 0.493 e. The first-order chi connectivity index (χ1) is 12.5. The second-order valence-electron chi connectivity index (χ2n) is 5.80. The van der Waals surface area contributed by atoms with Crippen LogP contribution < -0.4 is 24.3 Å². The molecule has 0 aromatic heterocycles. The number of methoxy groups -OCH3 is 3. The normalized spacial score (nSPS) is 10.2. The van der Waals surface area contributed by atoms with Crippen LogP contribution in [-0.4, -0.2) is 33.8 Å². The highest BCUT2D eigenvalue weighted by molar-refractivity contribution is 5.77. The predicted octanol–water partition coefficient (Wildman–Crippen LogP) is 3.02. The van der Waals surface area contributed by atoms with E-state index in [0.29, 0.717) is 29.5 Å². The molecule has 1 N–H and O–H groups in total. The lowest BCUT2D eigenvalue weighted by Gasteiger charge is -2.16. The molecule has 1 amide bonds. The zero-order valence-corrected chi connectivity index (χ0v) is 15.8. The van der Waals surface area contributed by atoms with Crippen molar-refractivity contribution in [3.8, 4) is 23.0 Å². The lowest BCUT2D eigenvalue weighted by Crippen LogP contribution is -2.28. The van der Waals surface area contributed by atoms with Gasteiger partial charge in [-0.1, -0.05) is 6.07 Å². The predicted molar refractivity (Wildman–Crippen MR) is 99.4 cm³/mol. The van der Waals surface area contributed by atoms with E-state index in [1.807, 2.05) is 38.1 Å². The SMILES string of the molecule is COc1ccc(CNC(=O)COc2ccc(C)c(C)c2)c(OC)c1OC. The van der Waals surface area contributed by atoms with Crippen LogP contribution in [0.25, 0.3) is 0 Å². The van der Waals surface area contributed by atoms with Crippen LogP contribution in [0.2, 0.25) is 0 Å². The third-order valence-electron chi connectivity index (χ3n) is 4.11. The highest BCUT2D eigenvalue weighted by atomic mass is 16.5. The van der Waals surface area contributed by atoms with Gasteiger partial charge in [-0.15, -0.1) is 0 Å². The molecule has 0 heterocycles. The Balaban J connectivity index is 1.97. The van der Waals surface area contributed by atoms with E-state index in [1.54, 1.807) is 27.4 Å². The monoisotopic (exact) mass is 359 g/mol. The highest BCUT2D eigenvalue weighted by Gasteiger charge is 2.16. The first kappa shape index (κ1) is 19.4. The second kappa shape index (κ2) is 8.99. The van der Waals surface area contributed by atoms with Crippen LogP contribution in [0.5, 0.6) is 23.0 Å². The smallest absolute Gasteiger partial charge is 0.258 e. The summed E-state index contributed by atoms with van der Waals surface area (Å²) in [6.45, 7) is 4.27. The quantitative estimate of drug-likeness (QED) is 0.785. The molecule has 26 heavy (non-hydrogen) atoms. The summed E-state index contributed by atoms with van der Waals surface area (Å²) in [5.74, 6) is 2.04. The van der Waals surface area contributed by atoms with Crippen LogP contribution in [0, 0.1) is 13.8 Å². The summed E-state index contributed by atoms with van der Waals surface area (Å²) in [7, 11) is 4.65. The molecule has 2 aromatic carbocycles. The summed E-state index contributed by atoms with van der Waals surface area (Å²) < 4.78 is 21.5. The molecule has 0 aliphatic rings. The molecule has 0 saturated carbocycles. The molecule has 0 bridgehead atoms. The van der Waals surface area contributed by atoms with Crippen molar-refractivity contribution in [1.82, 2.24) is 5.32 Å². The first-order valence-electron chi connectivity index (χ1n) is 8.24. The Morgan fingerprint density at radius 3 is 2.27 bits per heavy atom. The van der Waals surface area contributed by atoms with E-state index in [0.717, 1.165) is 11.1 Å². The second-order valence-corrected chi connectivity index (χ2v) is 5.80. The van der Waals surface area contributed by atoms with Gasteiger partial charge in [0.2, 0.25) is 5.75 Å². The summed E-state index contributed by atoms with van der Waals surface area (Å²) in [4.78, 5) is 12.1. The van der Waals surface area contributed by atoms with Gasteiger partial charge in [-0.25, -0.2) is 0 Å². The molecule has 0 atom stereocenters. The molecular weight excluding hydrogens is 334 g/mol. The third-order valence-corrected chi connectivity index (χ3v) is 4.11. The standard InChI is InChI=1S/C20H25NO5/c1-13-6-8-16(10-14(13)2)26-12-18(22)21-11-15-7-9-17(23-3)20(25-5)19(15)24-4/h6-10H,11-12H2,1-5H3,(H,21,22). The number of hydrogen-bond acceptors (Lipinski definition) is 5. The van der Waals surface area contributed by atoms with E-state index in [9.17, 15) is 4.79 Å². The van der Waals surface area contributed by atoms with Gasteiger partial charge in [0, 0.05) is 12.1 Å². The van der Waals surface area contributed by atoms with E-state index in [1.165, 1.54) is 5.56 Å².